The van der Waals surface area contributed by atoms with Crippen LogP contribution in [0.2, 0.25) is 0 Å². The van der Waals surface area contributed by atoms with Gasteiger partial charge in [-0.2, -0.15) is 0 Å². The largest absolute Gasteiger partial charge is 0.444 e. The third-order valence-electron chi connectivity index (χ3n) is 0.870. The fourth-order valence-corrected chi connectivity index (χ4v) is 1.23. The van der Waals surface area contributed by atoms with Crippen LogP contribution in [0.1, 0.15) is 0 Å². The zero-order valence-electron chi connectivity index (χ0n) is 3.87. The van der Waals surface area contributed by atoms with Gasteiger partial charge < -0.3 is 0 Å². The highest BCUT2D eigenvalue weighted by molar-refractivity contribution is 6.64. The molecule has 1 aromatic heterocycles. The third kappa shape index (κ3) is 0.548. The van der Waals surface area contributed by atoms with Crippen LogP contribution in [0.25, 0.3) is 0 Å². The van der Waals surface area contributed by atoms with E-state index in [0.717, 1.165) is 5.32 Å². The Labute approximate surface area is 46.4 Å². The maximum absolute atomic E-state index is 4.57. The highest BCUT2D eigenvalue weighted by Crippen LogP contribution is 2.03. The topological polar surface area (TPSA) is 66.6 Å². The molecule has 1 aliphatic rings. The van der Waals surface area contributed by atoms with Crippen molar-refractivity contribution < 1.29 is 9.15 Å². The van der Waals surface area contributed by atoms with Crippen molar-refractivity contribution in [1.29, 1.82) is 0 Å². The average Bonchev–Trinajstić information content (AvgIpc) is 2.49. The maximum atomic E-state index is 4.57. The van der Waals surface area contributed by atoms with E-state index < -0.39 is 9.28 Å². The average molecular weight is 129 g/mol. The fourth-order valence-electron chi connectivity index (χ4n) is 0.452. The van der Waals surface area contributed by atoms with Gasteiger partial charge in [-0.1, -0.05) is 5.21 Å². The molecule has 6 heteroatoms. The number of rotatable bonds is 1. The number of hydrogen-bond acceptors (Lipinski definition) is 4. The monoisotopic (exact) mass is 129 g/mol. The summed E-state index contributed by atoms with van der Waals surface area (Å²) >= 11 is 0. The Kier molecular flexibility index (Phi) is 0.719. The molecule has 0 radical (unpaired) electrons. The lowest BCUT2D eigenvalue weighted by Crippen LogP contribution is -2.17. The van der Waals surface area contributed by atoms with Gasteiger partial charge in [-0.05, 0) is 0 Å². The van der Waals surface area contributed by atoms with Crippen LogP contribution >= 0.6 is 0 Å². The van der Waals surface area contributed by atoms with Gasteiger partial charge in [-0.25, -0.2) is 0 Å². The normalized spacial score (nSPS) is 19.0. The fraction of sp³-hybridized carbons (Fsp3) is 0. The van der Waals surface area contributed by atoms with E-state index >= 15 is 0 Å². The molecular weight excluding hydrogens is 126 g/mol. The molecule has 0 aromatic carbocycles. The molecule has 1 saturated heterocycles. The van der Waals surface area contributed by atoms with Crippen molar-refractivity contribution in [3.8, 4) is 0 Å². The molecule has 0 spiro atoms. The van der Waals surface area contributed by atoms with Gasteiger partial charge in [0.05, 0.1) is 0 Å². The summed E-state index contributed by atoms with van der Waals surface area (Å²) in [4.78, 5) is 0. The van der Waals surface area contributed by atoms with Crippen LogP contribution < -0.4 is 5.32 Å². The van der Waals surface area contributed by atoms with Crippen molar-refractivity contribution in [3.63, 3.8) is 0 Å². The van der Waals surface area contributed by atoms with Gasteiger partial charge in [0, 0.05) is 6.20 Å². The Morgan fingerprint density at radius 3 is 3.00 bits per heavy atom. The molecular formula is C2H3N3O2Si. The van der Waals surface area contributed by atoms with Crippen LogP contribution in [0.3, 0.4) is 0 Å². The molecule has 5 nitrogen and oxygen atoms in total. The van der Waals surface area contributed by atoms with Crippen LogP contribution in [0.15, 0.2) is 6.20 Å². The summed E-state index contributed by atoms with van der Waals surface area (Å²) < 4.78 is 9.14. The van der Waals surface area contributed by atoms with Gasteiger partial charge in [-0.3, -0.25) is 14.3 Å². The maximum Gasteiger partial charge on any atom is 0.444 e. The molecule has 1 N–H and O–H groups in total. The number of nitrogens with one attached hydrogen (secondary N) is 1. The standard InChI is InChI=1S/C2H3N3O2Si/c1-2(4-5-3-1)8-6-7-8/h1,8H,(H,3,4,5). The third-order valence-corrected chi connectivity index (χ3v) is 2.02. The lowest BCUT2D eigenvalue weighted by atomic mass is 10.9. The Morgan fingerprint density at radius 2 is 2.50 bits per heavy atom. The SMILES string of the molecule is c1[nH]nnc1[SiH]1OO1. The van der Waals surface area contributed by atoms with E-state index in [1.54, 1.807) is 6.20 Å². The predicted molar refractivity (Wildman–Crippen MR) is 25.3 cm³/mol. The molecule has 0 amide bonds. The van der Waals surface area contributed by atoms with Gasteiger partial charge in [-0.15, -0.1) is 5.10 Å². The number of aromatic nitrogens is 3. The van der Waals surface area contributed by atoms with Crippen LogP contribution in [0.4, 0.5) is 0 Å². The van der Waals surface area contributed by atoms with Crippen molar-refractivity contribution in [1.82, 2.24) is 15.4 Å². The second-order valence-electron chi connectivity index (χ2n) is 1.42. The van der Waals surface area contributed by atoms with Gasteiger partial charge in [0.25, 0.3) is 0 Å². The van der Waals surface area contributed by atoms with Crippen LogP contribution in [-0.4, -0.2) is 24.7 Å². The Morgan fingerprint density at radius 1 is 1.62 bits per heavy atom. The number of aromatic amines is 1. The van der Waals surface area contributed by atoms with Crippen molar-refractivity contribution in [2.24, 2.45) is 0 Å². The Balaban J connectivity index is 2.28. The first-order chi connectivity index (χ1) is 3.97. The quantitative estimate of drug-likeness (QED) is 0.276. The number of hydrogen-bond donors (Lipinski definition) is 1. The van der Waals surface area contributed by atoms with Crippen molar-refractivity contribution in [3.05, 3.63) is 6.20 Å². The first-order valence-corrected chi connectivity index (χ1v) is 3.67. The minimum Gasteiger partial charge on any atom is -0.265 e. The van der Waals surface area contributed by atoms with E-state index in [2.05, 4.69) is 24.6 Å². The van der Waals surface area contributed by atoms with Gasteiger partial charge >= 0.3 is 9.28 Å². The first-order valence-electron chi connectivity index (χ1n) is 2.15. The van der Waals surface area contributed by atoms with E-state index in [1.165, 1.54) is 0 Å². The lowest BCUT2D eigenvalue weighted by molar-refractivity contribution is 0.0850. The van der Waals surface area contributed by atoms with E-state index in [0.29, 0.717) is 0 Å². The summed E-state index contributed by atoms with van der Waals surface area (Å²) in [6, 6.07) is 0. The lowest BCUT2D eigenvalue weighted by Gasteiger charge is -1.66. The number of H-pyrrole nitrogens is 1. The molecule has 2 rings (SSSR count). The molecule has 1 aromatic rings. The minimum absolute atomic E-state index is 0.824. The molecule has 0 bridgehead atoms. The summed E-state index contributed by atoms with van der Waals surface area (Å²) in [6.45, 7) is 0. The van der Waals surface area contributed by atoms with Crippen LogP contribution in [-0.2, 0) is 9.15 Å². The highest BCUT2D eigenvalue weighted by atomic mass is 28.3. The van der Waals surface area contributed by atoms with Crippen LogP contribution in [0.5, 0.6) is 0 Å². The molecule has 0 saturated carbocycles. The zero-order valence-corrected chi connectivity index (χ0v) is 5.02. The van der Waals surface area contributed by atoms with Gasteiger partial charge in [0.1, 0.15) is 5.32 Å². The molecule has 0 atom stereocenters. The van der Waals surface area contributed by atoms with E-state index in [9.17, 15) is 0 Å². The predicted octanol–water partition coefficient (Wildman–Crippen LogP) is -1.81. The second kappa shape index (κ2) is 1.37. The summed E-state index contributed by atoms with van der Waals surface area (Å²) in [5.74, 6) is 0. The minimum atomic E-state index is -1.43. The van der Waals surface area contributed by atoms with E-state index in [1.807, 2.05) is 0 Å². The van der Waals surface area contributed by atoms with Crippen molar-refractivity contribution >= 4 is 14.6 Å². The molecule has 8 heavy (non-hydrogen) atoms. The summed E-state index contributed by atoms with van der Waals surface area (Å²) in [6.07, 6.45) is 1.68. The van der Waals surface area contributed by atoms with Crippen molar-refractivity contribution in [2.45, 2.75) is 0 Å². The Bertz CT molecular complexity index is 171. The highest BCUT2D eigenvalue weighted by Gasteiger charge is 2.35. The Hall–Kier alpha value is -0.723. The summed E-state index contributed by atoms with van der Waals surface area (Å²) in [5, 5.41) is 10.6. The first kappa shape index (κ1) is 4.19. The zero-order chi connectivity index (χ0) is 5.40. The smallest absolute Gasteiger partial charge is 0.265 e. The molecule has 1 fully saturated rings. The van der Waals surface area contributed by atoms with Gasteiger partial charge in [0.15, 0.2) is 0 Å². The van der Waals surface area contributed by atoms with Gasteiger partial charge in [0.2, 0.25) is 0 Å². The van der Waals surface area contributed by atoms with Crippen molar-refractivity contribution in [2.75, 3.05) is 0 Å². The molecule has 0 unspecified atom stereocenters. The molecule has 42 valence electrons. The second-order valence-corrected chi connectivity index (χ2v) is 3.06. The summed E-state index contributed by atoms with van der Waals surface area (Å²) in [7, 11) is -1.43. The molecule has 0 aliphatic carbocycles. The summed E-state index contributed by atoms with van der Waals surface area (Å²) in [5.41, 5.74) is 0. The molecule has 1 aliphatic heterocycles. The van der Waals surface area contributed by atoms with Crippen LogP contribution in [0, 0.1) is 0 Å². The number of nitrogens with zero attached hydrogens (tertiary/aromatic N) is 2. The molecule has 2 heterocycles. The van der Waals surface area contributed by atoms with E-state index in [4.69, 9.17) is 0 Å². The van der Waals surface area contributed by atoms with E-state index in [-0.39, 0.29) is 0 Å².